The lowest BCUT2D eigenvalue weighted by molar-refractivity contribution is -0.111. The van der Waals surface area contributed by atoms with Crippen molar-refractivity contribution >= 4 is 33.4 Å². The first-order valence-corrected chi connectivity index (χ1v) is 11.3. The van der Waals surface area contributed by atoms with Gasteiger partial charge in [-0.25, -0.2) is 8.42 Å². The number of sulfonamides is 1. The molecule has 172 valence electrons. The highest BCUT2D eigenvalue weighted by Gasteiger charge is 2.15. The SMILES string of the molecule is COc1ccc(NS(=O)(=O)c2cccc(NC(=O)/C=C/c3ccc(OC)c(OC)c3)c2)cc1. The first kappa shape index (κ1) is 23.7. The highest BCUT2D eigenvalue weighted by Crippen LogP contribution is 2.28. The van der Waals surface area contributed by atoms with Gasteiger partial charge in [-0.3, -0.25) is 9.52 Å². The lowest BCUT2D eigenvalue weighted by Crippen LogP contribution is -2.14. The van der Waals surface area contributed by atoms with Gasteiger partial charge in [0.05, 0.1) is 26.2 Å². The summed E-state index contributed by atoms with van der Waals surface area (Å²) < 4.78 is 43.5. The summed E-state index contributed by atoms with van der Waals surface area (Å²) >= 11 is 0. The number of carbonyl (C=O) groups is 1. The van der Waals surface area contributed by atoms with Crippen molar-refractivity contribution in [2.45, 2.75) is 4.90 Å². The Kier molecular flexibility index (Phi) is 7.57. The Morgan fingerprint density at radius 3 is 2.21 bits per heavy atom. The van der Waals surface area contributed by atoms with Crippen molar-refractivity contribution in [2.24, 2.45) is 0 Å². The fourth-order valence-corrected chi connectivity index (χ4v) is 4.03. The number of amides is 1. The number of carbonyl (C=O) groups excluding carboxylic acids is 1. The number of rotatable bonds is 9. The fraction of sp³-hybridized carbons (Fsp3) is 0.125. The summed E-state index contributed by atoms with van der Waals surface area (Å²) in [5.41, 5.74) is 1.47. The average molecular weight is 469 g/mol. The molecule has 0 saturated carbocycles. The van der Waals surface area contributed by atoms with Crippen LogP contribution in [0.2, 0.25) is 0 Å². The molecule has 3 rings (SSSR count). The summed E-state index contributed by atoms with van der Waals surface area (Å²) in [6.45, 7) is 0. The topological polar surface area (TPSA) is 103 Å². The van der Waals surface area contributed by atoms with E-state index in [0.717, 1.165) is 5.56 Å². The van der Waals surface area contributed by atoms with E-state index in [1.807, 2.05) is 0 Å². The zero-order chi connectivity index (χ0) is 23.8. The Hall–Kier alpha value is -3.98. The molecule has 3 aromatic rings. The molecule has 0 heterocycles. The van der Waals surface area contributed by atoms with Crippen molar-refractivity contribution in [2.75, 3.05) is 31.4 Å². The summed E-state index contributed by atoms with van der Waals surface area (Å²) in [6.07, 6.45) is 2.96. The zero-order valence-electron chi connectivity index (χ0n) is 18.4. The zero-order valence-corrected chi connectivity index (χ0v) is 19.2. The van der Waals surface area contributed by atoms with E-state index in [1.165, 1.54) is 32.4 Å². The summed E-state index contributed by atoms with van der Waals surface area (Å²) in [4.78, 5) is 12.4. The smallest absolute Gasteiger partial charge is 0.261 e. The molecular formula is C24H24N2O6S. The van der Waals surface area contributed by atoms with E-state index in [0.29, 0.717) is 28.6 Å². The lowest BCUT2D eigenvalue weighted by atomic mass is 10.2. The molecular weight excluding hydrogens is 444 g/mol. The Bertz CT molecular complexity index is 1250. The number of hydrogen-bond acceptors (Lipinski definition) is 6. The molecule has 0 aliphatic rings. The summed E-state index contributed by atoms with van der Waals surface area (Å²) in [6, 6.07) is 17.7. The van der Waals surface area contributed by atoms with Crippen LogP contribution in [-0.2, 0) is 14.8 Å². The Morgan fingerprint density at radius 2 is 1.55 bits per heavy atom. The van der Waals surface area contributed by atoms with Crippen LogP contribution in [0.15, 0.2) is 77.7 Å². The van der Waals surface area contributed by atoms with E-state index in [-0.39, 0.29) is 4.90 Å². The number of methoxy groups -OCH3 is 3. The first-order chi connectivity index (χ1) is 15.8. The Morgan fingerprint density at radius 1 is 0.818 bits per heavy atom. The molecule has 0 fully saturated rings. The Labute approximate surface area is 192 Å². The molecule has 0 aliphatic carbocycles. The largest absolute Gasteiger partial charge is 0.497 e. The third-order valence-corrected chi connectivity index (χ3v) is 5.97. The number of hydrogen-bond donors (Lipinski definition) is 2. The highest BCUT2D eigenvalue weighted by atomic mass is 32.2. The highest BCUT2D eigenvalue weighted by molar-refractivity contribution is 7.92. The van der Waals surface area contributed by atoms with Gasteiger partial charge in [-0.1, -0.05) is 12.1 Å². The molecule has 0 saturated heterocycles. The second kappa shape index (κ2) is 10.6. The van der Waals surface area contributed by atoms with Gasteiger partial charge in [-0.05, 0) is 66.2 Å². The monoisotopic (exact) mass is 468 g/mol. The van der Waals surface area contributed by atoms with Gasteiger partial charge < -0.3 is 19.5 Å². The van der Waals surface area contributed by atoms with E-state index < -0.39 is 15.9 Å². The minimum Gasteiger partial charge on any atom is -0.497 e. The van der Waals surface area contributed by atoms with E-state index in [9.17, 15) is 13.2 Å². The molecule has 33 heavy (non-hydrogen) atoms. The standard InChI is InChI=1S/C24H24N2O6S/c1-30-20-11-9-18(10-12-20)26-33(28,29)21-6-4-5-19(16-21)25-24(27)14-8-17-7-13-22(31-2)23(15-17)32-3/h4-16,26H,1-3H3,(H,25,27)/b14-8+. The van der Waals surface area contributed by atoms with Crippen LogP contribution in [0.4, 0.5) is 11.4 Å². The molecule has 0 atom stereocenters. The third-order valence-electron chi connectivity index (χ3n) is 4.59. The Balaban J connectivity index is 1.69. The molecule has 0 bridgehead atoms. The lowest BCUT2D eigenvalue weighted by Gasteiger charge is -2.10. The maximum absolute atomic E-state index is 12.7. The van der Waals surface area contributed by atoms with Gasteiger partial charge in [0.1, 0.15) is 5.75 Å². The van der Waals surface area contributed by atoms with Crippen molar-refractivity contribution in [3.63, 3.8) is 0 Å². The third kappa shape index (κ3) is 6.27. The summed E-state index contributed by atoms with van der Waals surface area (Å²) in [5.74, 6) is 1.33. The van der Waals surface area contributed by atoms with Crippen LogP contribution in [0.5, 0.6) is 17.2 Å². The predicted octanol–water partition coefficient (Wildman–Crippen LogP) is 4.17. The molecule has 0 unspecified atom stereocenters. The van der Waals surface area contributed by atoms with Gasteiger partial charge in [0, 0.05) is 17.5 Å². The van der Waals surface area contributed by atoms with Gasteiger partial charge in [0.25, 0.3) is 10.0 Å². The van der Waals surface area contributed by atoms with Crippen LogP contribution in [0.1, 0.15) is 5.56 Å². The molecule has 8 nitrogen and oxygen atoms in total. The molecule has 0 radical (unpaired) electrons. The number of ether oxygens (including phenoxy) is 3. The van der Waals surface area contributed by atoms with Crippen molar-refractivity contribution in [1.29, 1.82) is 0 Å². The number of benzene rings is 3. The number of nitrogens with one attached hydrogen (secondary N) is 2. The molecule has 0 aromatic heterocycles. The van der Waals surface area contributed by atoms with Gasteiger partial charge in [-0.15, -0.1) is 0 Å². The van der Waals surface area contributed by atoms with Crippen molar-refractivity contribution in [3.05, 3.63) is 78.4 Å². The van der Waals surface area contributed by atoms with Gasteiger partial charge >= 0.3 is 0 Å². The fourth-order valence-electron chi connectivity index (χ4n) is 2.93. The second-order valence-electron chi connectivity index (χ2n) is 6.80. The van der Waals surface area contributed by atoms with Crippen LogP contribution >= 0.6 is 0 Å². The molecule has 1 amide bonds. The van der Waals surface area contributed by atoms with Crippen LogP contribution in [0.3, 0.4) is 0 Å². The predicted molar refractivity (Wildman–Crippen MR) is 127 cm³/mol. The average Bonchev–Trinajstić information content (AvgIpc) is 2.83. The van der Waals surface area contributed by atoms with E-state index in [4.69, 9.17) is 14.2 Å². The minimum atomic E-state index is -3.85. The van der Waals surface area contributed by atoms with Crippen molar-refractivity contribution in [3.8, 4) is 17.2 Å². The van der Waals surface area contributed by atoms with Crippen molar-refractivity contribution < 1.29 is 27.4 Å². The molecule has 9 heteroatoms. The normalized spacial score (nSPS) is 11.1. The van der Waals surface area contributed by atoms with E-state index >= 15 is 0 Å². The van der Waals surface area contributed by atoms with Crippen LogP contribution in [0.25, 0.3) is 6.08 Å². The van der Waals surface area contributed by atoms with Crippen LogP contribution in [-0.4, -0.2) is 35.7 Å². The molecule has 3 aromatic carbocycles. The van der Waals surface area contributed by atoms with Gasteiger partial charge in [0.2, 0.25) is 5.91 Å². The first-order valence-electron chi connectivity index (χ1n) is 9.82. The van der Waals surface area contributed by atoms with Gasteiger partial charge in [-0.2, -0.15) is 0 Å². The summed E-state index contributed by atoms with van der Waals surface area (Å²) in [7, 11) is 0.757. The molecule has 0 aliphatic heterocycles. The maximum atomic E-state index is 12.7. The van der Waals surface area contributed by atoms with E-state index in [1.54, 1.807) is 67.8 Å². The van der Waals surface area contributed by atoms with Crippen LogP contribution < -0.4 is 24.2 Å². The quantitative estimate of drug-likeness (QED) is 0.457. The van der Waals surface area contributed by atoms with Crippen molar-refractivity contribution in [1.82, 2.24) is 0 Å². The summed E-state index contributed by atoms with van der Waals surface area (Å²) in [5, 5.41) is 2.66. The van der Waals surface area contributed by atoms with E-state index in [2.05, 4.69) is 10.0 Å². The molecule has 2 N–H and O–H groups in total. The minimum absolute atomic E-state index is 0.0139. The number of anilines is 2. The second-order valence-corrected chi connectivity index (χ2v) is 8.48. The molecule has 0 spiro atoms. The maximum Gasteiger partial charge on any atom is 0.261 e. The van der Waals surface area contributed by atoms with Crippen LogP contribution in [0, 0.1) is 0 Å². The van der Waals surface area contributed by atoms with Gasteiger partial charge in [0.15, 0.2) is 11.5 Å².